The quantitative estimate of drug-likeness (QED) is 0.864. The van der Waals surface area contributed by atoms with Gasteiger partial charge in [-0.15, -0.1) is 0 Å². The molecule has 1 aliphatic carbocycles. The number of nitrogens with two attached hydrogens (primary N) is 1. The van der Waals surface area contributed by atoms with Gasteiger partial charge in [0.05, 0.1) is 5.56 Å². The second kappa shape index (κ2) is 6.39. The van der Waals surface area contributed by atoms with Gasteiger partial charge < -0.3 is 5.73 Å². The van der Waals surface area contributed by atoms with E-state index in [1.807, 2.05) is 0 Å². The Bertz CT molecular complexity index is 469. The zero-order valence-corrected chi connectivity index (χ0v) is 12.7. The molecule has 1 nitrogen and oxygen atoms in total. The van der Waals surface area contributed by atoms with Gasteiger partial charge in [0.1, 0.15) is 0 Å². The highest BCUT2D eigenvalue weighted by molar-refractivity contribution is 5.26. The molecule has 0 bridgehead atoms. The highest BCUT2D eigenvalue weighted by Crippen LogP contribution is 2.35. The molecule has 0 amide bonds. The van der Waals surface area contributed by atoms with Crippen LogP contribution in [0.3, 0.4) is 0 Å². The van der Waals surface area contributed by atoms with Crippen molar-refractivity contribution < 1.29 is 13.2 Å². The van der Waals surface area contributed by atoms with Gasteiger partial charge in [-0.05, 0) is 48.6 Å². The van der Waals surface area contributed by atoms with Crippen molar-refractivity contribution >= 4 is 0 Å². The molecule has 2 N–H and O–H groups in total. The first-order valence-corrected chi connectivity index (χ1v) is 7.69. The number of halogens is 3. The van der Waals surface area contributed by atoms with E-state index in [1.165, 1.54) is 18.6 Å². The normalized spacial score (nSPS) is 28.4. The van der Waals surface area contributed by atoms with Gasteiger partial charge >= 0.3 is 6.18 Å². The minimum Gasteiger partial charge on any atom is -0.327 e. The molecule has 0 saturated heterocycles. The Morgan fingerprint density at radius 1 is 1.19 bits per heavy atom. The summed E-state index contributed by atoms with van der Waals surface area (Å²) in [7, 11) is 0. The van der Waals surface area contributed by atoms with Crippen LogP contribution in [0.4, 0.5) is 13.2 Å². The van der Waals surface area contributed by atoms with E-state index >= 15 is 0 Å². The largest absolute Gasteiger partial charge is 0.416 e. The molecule has 1 aromatic rings. The summed E-state index contributed by atoms with van der Waals surface area (Å²) in [6.07, 6.45) is -0.417. The standard InChI is InChI=1S/C17H24F3N/c1-11-6-7-14(8-12(11)2)16(21)10-13-4-3-5-15(9-13)17(18,19)20/h3-5,9,11-12,14,16H,6-8,10,21H2,1-2H3. The predicted molar refractivity (Wildman–Crippen MR) is 78.8 cm³/mol. The monoisotopic (exact) mass is 299 g/mol. The third kappa shape index (κ3) is 4.22. The van der Waals surface area contributed by atoms with Gasteiger partial charge in [-0.25, -0.2) is 0 Å². The van der Waals surface area contributed by atoms with Gasteiger partial charge in [0.25, 0.3) is 0 Å². The maximum absolute atomic E-state index is 12.7. The molecule has 1 saturated carbocycles. The van der Waals surface area contributed by atoms with Crippen molar-refractivity contribution in [3.05, 3.63) is 35.4 Å². The molecule has 0 aromatic heterocycles. The van der Waals surface area contributed by atoms with Crippen LogP contribution in [0.15, 0.2) is 24.3 Å². The number of hydrogen-bond donors (Lipinski definition) is 1. The predicted octanol–water partition coefficient (Wildman–Crippen LogP) is 4.65. The summed E-state index contributed by atoms with van der Waals surface area (Å²) in [6, 6.07) is 5.50. The Labute approximate surface area is 124 Å². The molecule has 1 aromatic carbocycles. The van der Waals surface area contributed by atoms with E-state index in [2.05, 4.69) is 13.8 Å². The fraction of sp³-hybridized carbons (Fsp3) is 0.647. The Morgan fingerprint density at radius 2 is 1.90 bits per heavy atom. The van der Waals surface area contributed by atoms with Crippen molar-refractivity contribution in [3.63, 3.8) is 0 Å². The molecule has 118 valence electrons. The van der Waals surface area contributed by atoms with Crippen molar-refractivity contribution in [2.24, 2.45) is 23.5 Å². The highest BCUT2D eigenvalue weighted by atomic mass is 19.4. The Balaban J connectivity index is 2.01. The third-order valence-electron chi connectivity index (χ3n) is 4.97. The molecule has 4 heteroatoms. The lowest BCUT2D eigenvalue weighted by molar-refractivity contribution is -0.137. The number of alkyl halides is 3. The van der Waals surface area contributed by atoms with Crippen LogP contribution in [0, 0.1) is 17.8 Å². The van der Waals surface area contributed by atoms with Crippen LogP contribution in [0.1, 0.15) is 44.2 Å². The lowest BCUT2D eigenvalue weighted by Gasteiger charge is -2.35. The van der Waals surface area contributed by atoms with Crippen LogP contribution in [-0.2, 0) is 12.6 Å². The van der Waals surface area contributed by atoms with Gasteiger partial charge in [0, 0.05) is 6.04 Å². The minimum absolute atomic E-state index is 0.0524. The van der Waals surface area contributed by atoms with Crippen LogP contribution in [0.25, 0.3) is 0 Å². The van der Waals surface area contributed by atoms with Gasteiger partial charge in [-0.2, -0.15) is 13.2 Å². The lowest BCUT2D eigenvalue weighted by Crippen LogP contribution is -2.37. The minimum atomic E-state index is -4.28. The summed E-state index contributed by atoms with van der Waals surface area (Å²) in [5.41, 5.74) is 6.36. The van der Waals surface area contributed by atoms with E-state index in [0.717, 1.165) is 24.8 Å². The van der Waals surface area contributed by atoms with E-state index in [4.69, 9.17) is 5.73 Å². The first-order valence-electron chi connectivity index (χ1n) is 7.69. The zero-order valence-electron chi connectivity index (χ0n) is 12.7. The van der Waals surface area contributed by atoms with Crippen LogP contribution >= 0.6 is 0 Å². The first kappa shape index (κ1) is 16.3. The molecule has 4 unspecified atom stereocenters. The molecule has 2 rings (SSSR count). The van der Waals surface area contributed by atoms with E-state index in [9.17, 15) is 13.2 Å². The average molecular weight is 299 g/mol. The summed E-state index contributed by atoms with van der Waals surface area (Å²) in [5, 5.41) is 0. The molecule has 4 atom stereocenters. The zero-order chi connectivity index (χ0) is 15.6. The van der Waals surface area contributed by atoms with Crippen molar-refractivity contribution in [2.45, 2.75) is 51.7 Å². The van der Waals surface area contributed by atoms with Gasteiger partial charge in [-0.3, -0.25) is 0 Å². The first-order chi connectivity index (χ1) is 9.77. The molecular formula is C17H24F3N. The fourth-order valence-electron chi connectivity index (χ4n) is 3.29. The summed E-state index contributed by atoms with van der Waals surface area (Å²) in [4.78, 5) is 0. The number of hydrogen-bond acceptors (Lipinski definition) is 1. The second-order valence-electron chi connectivity index (χ2n) is 6.59. The summed E-state index contributed by atoms with van der Waals surface area (Å²) < 4.78 is 38.2. The number of benzene rings is 1. The van der Waals surface area contributed by atoms with Gasteiger partial charge in [-0.1, -0.05) is 38.5 Å². The maximum atomic E-state index is 12.7. The van der Waals surface area contributed by atoms with Crippen LogP contribution < -0.4 is 5.73 Å². The van der Waals surface area contributed by atoms with Crippen molar-refractivity contribution in [3.8, 4) is 0 Å². The average Bonchev–Trinajstić information content (AvgIpc) is 2.41. The molecule has 0 spiro atoms. The fourth-order valence-corrected chi connectivity index (χ4v) is 3.29. The van der Waals surface area contributed by atoms with E-state index in [-0.39, 0.29) is 6.04 Å². The molecule has 0 heterocycles. The molecule has 1 fully saturated rings. The maximum Gasteiger partial charge on any atom is 0.416 e. The Morgan fingerprint density at radius 3 is 2.52 bits per heavy atom. The Kier molecular flexibility index (Phi) is 4.97. The topological polar surface area (TPSA) is 26.0 Å². The summed E-state index contributed by atoms with van der Waals surface area (Å²) in [5.74, 6) is 1.80. The second-order valence-corrected chi connectivity index (χ2v) is 6.59. The number of rotatable bonds is 3. The molecule has 1 aliphatic rings. The van der Waals surface area contributed by atoms with E-state index in [0.29, 0.717) is 23.8 Å². The van der Waals surface area contributed by atoms with Gasteiger partial charge in [0.2, 0.25) is 0 Å². The van der Waals surface area contributed by atoms with Crippen molar-refractivity contribution in [1.82, 2.24) is 0 Å². The van der Waals surface area contributed by atoms with E-state index in [1.54, 1.807) is 6.07 Å². The molecule has 0 aliphatic heterocycles. The summed E-state index contributed by atoms with van der Waals surface area (Å²) in [6.45, 7) is 4.51. The van der Waals surface area contributed by atoms with Gasteiger partial charge in [0.15, 0.2) is 0 Å². The van der Waals surface area contributed by atoms with E-state index < -0.39 is 11.7 Å². The van der Waals surface area contributed by atoms with Crippen molar-refractivity contribution in [2.75, 3.05) is 0 Å². The van der Waals surface area contributed by atoms with Crippen LogP contribution in [0.2, 0.25) is 0 Å². The molecule has 0 radical (unpaired) electrons. The third-order valence-corrected chi connectivity index (χ3v) is 4.97. The smallest absolute Gasteiger partial charge is 0.327 e. The van der Waals surface area contributed by atoms with Crippen LogP contribution in [-0.4, -0.2) is 6.04 Å². The summed E-state index contributed by atoms with van der Waals surface area (Å²) >= 11 is 0. The lowest BCUT2D eigenvalue weighted by atomic mass is 9.72. The van der Waals surface area contributed by atoms with Crippen molar-refractivity contribution in [1.29, 1.82) is 0 Å². The highest BCUT2D eigenvalue weighted by Gasteiger charge is 2.31. The Hall–Kier alpha value is -1.03. The SMILES string of the molecule is CC1CCC(C(N)Cc2cccc(C(F)(F)F)c2)CC1C. The molecule has 21 heavy (non-hydrogen) atoms. The van der Waals surface area contributed by atoms with Crippen LogP contribution in [0.5, 0.6) is 0 Å². The molecular weight excluding hydrogens is 275 g/mol.